The van der Waals surface area contributed by atoms with Crippen molar-refractivity contribution in [3.8, 4) is 0 Å². The van der Waals surface area contributed by atoms with Crippen molar-refractivity contribution in [2.75, 3.05) is 0 Å². The van der Waals surface area contributed by atoms with Gasteiger partial charge in [-0.2, -0.15) is 0 Å². The van der Waals surface area contributed by atoms with Crippen molar-refractivity contribution in [2.24, 2.45) is 0 Å². The van der Waals surface area contributed by atoms with Crippen LogP contribution < -0.4 is 0 Å². The lowest BCUT2D eigenvalue weighted by Crippen LogP contribution is -2.05. The third-order valence-corrected chi connectivity index (χ3v) is 4.94. The van der Waals surface area contributed by atoms with E-state index in [0.717, 1.165) is 12.8 Å². The van der Waals surface area contributed by atoms with Gasteiger partial charge < -0.3 is 0 Å². The lowest BCUT2D eigenvalue weighted by atomic mass is 9.85. The van der Waals surface area contributed by atoms with Gasteiger partial charge in [0.15, 0.2) is 0 Å². The molecular formula is C25H22. The summed E-state index contributed by atoms with van der Waals surface area (Å²) in [5.74, 6) is 0.432. The first kappa shape index (κ1) is 15.7. The molecule has 0 saturated heterocycles. The van der Waals surface area contributed by atoms with Gasteiger partial charge in [0.05, 0.1) is 0 Å². The first-order valence-electron chi connectivity index (χ1n) is 8.95. The van der Waals surface area contributed by atoms with Crippen LogP contribution in [0.4, 0.5) is 0 Å². The van der Waals surface area contributed by atoms with Gasteiger partial charge in [-0.1, -0.05) is 109 Å². The SMILES string of the molecule is C1=C(c2ccccc2)C=C(C(Cc2ccccc2)c2ccccc2)C1. The summed E-state index contributed by atoms with van der Waals surface area (Å²) in [6.45, 7) is 0. The van der Waals surface area contributed by atoms with Crippen LogP contribution in [0, 0.1) is 0 Å². The van der Waals surface area contributed by atoms with Gasteiger partial charge in [0.2, 0.25) is 0 Å². The first-order valence-corrected chi connectivity index (χ1v) is 8.95. The molecule has 0 amide bonds. The highest BCUT2D eigenvalue weighted by Crippen LogP contribution is 2.37. The zero-order valence-electron chi connectivity index (χ0n) is 14.3. The van der Waals surface area contributed by atoms with Gasteiger partial charge in [-0.15, -0.1) is 0 Å². The molecule has 0 nitrogen and oxygen atoms in total. The smallest absolute Gasteiger partial charge is 0.00950 e. The van der Waals surface area contributed by atoms with Crippen LogP contribution in [0.3, 0.4) is 0 Å². The molecule has 0 N–H and O–H groups in total. The predicted molar refractivity (Wildman–Crippen MR) is 106 cm³/mol. The Balaban J connectivity index is 1.65. The highest BCUT2D eigenvalue weighted by molar-refractivity contribution is 5.78. The monoisotopic (exact) mass is 322 g/mol. The van der Waals surface area contributed by atoms with Crippen LogP contribution in [-0.2, 0) is 6.42 Å². The molecule has 0 bridgehead atoms. The topological polar surface area (TPSA) is 0 Å². The molecule has 25 heavy (non-hydrogen) atoms. The number of rotatable bonds is 5. The summed E-state index contributed by atoms with van der Waals surface area (Å²) in [6, 6.07) is 32.4. The van der Waals surface area contributed by atoms with E-state index < -0.39 is 0 Å². The highest BCUT2D eigenvalue weighted by atomic mass is 14.2. The summed E-state index contributed by atoms with van der Waals surface area (Å²) < 4.78 is 0. The summed E-state index contributed by atoms with van der Waals surface area (Å²) >= 11 is 0. The summed E-state index contributed by atoms with van der Waals surface area (Å²) in [4.78, 5) is 0. The Kier molecular flexibility index (Phi) is 4.61. The summed E-state index contributed by atoms with van der Waals surface area (Å²) in [6.07, 6.45) is 6.85. The van der Waals surface area contributed by atoms with E-state index >= 15 is 0 Å². The Morgan fingerprint density at radius 1 is 0.680 bits per heavy atom. The Labute approximate surface area is 150 Å². The van der Waals surface area contributed by atoms with Crippen molar-refractivity contribution in [1.29, 1.82) is 0 Å². The number of allylic oxidation sites excluding steroid dienone is 4. The zero-order valence-corrected chi connectivity index (χ0v) is 14.3. The predicted octanol–water partition coefficient (Wildman–Crippen LogP) is 6.43. The van der Waals surface area contributed by atoms with Crippen molar-refractivity contribution in [1.82, 2.24) is 0 Å². The van der Waals surface area contributed by atoms with Crippen LogP contribution in [0.5, 0.6) is 0 Å². The molecule has 1 aliphatic carbocycles. The van der Waals surface area contributed by atoms with E-state index in [0.29, 0.717) is 5.92 Å². The van der Waals surface area contributed by atoms with Gasteiger partial charge in [0.25, 0.3) is 0 Å². The molecule has 1 aliphatic rings. The zero-order chi connectivity index (χ0) is 16.9. The van der Waals surface area contributed by atoms with Crippen molar-refractivity contribution in [3.05, 3.63) is 125 Å². The molecule has 0 radical (unpaired) electrons. The number of hydrogen-bond acceptors (Lipinski definition) is 0. The van der Waals surface area contributed by atoms with E-state index in [1.165, 1.54) is 27.8 Å². The van der Waals surface area contributed by atoms with Crippen LogP contribution in [0.15, 0.2) is 109 Å². The molecule has 1 unspecified atom stereocenters. The Bertz CT molecular complexity index is 871. The van der Waals surface area contributed by atoms with Gasteiger partial charge in [-0.3, -0.25) is 0 Å². The average Bonchev–Trinajstić information content (AvgIpc) is 3.18. The molecule has 122 valence electrons. The van der Waals surface area contributed by atoms with Crippen LogP contribution in [0.25, 0.3) is 5.57 Å². The van der Waals surface area contributed by atoms with Crippen LogP contribution in [-0.4, -0.2) is 0 Å². The molecule has 0 aliphatic heterocycles. The van der Waals surface area contributed by atoms with Gasteiger partial charge in [-0.05, 0) is 35.1 Å². The molecule has 0 fully saturated rings. The van der Waals surface area contributed by atoms with Crippen molar-refractivity contribution in [3.63, 3.8) is 0 Å². The van der Waals surface area contributed by atoms with E-state index in [-0.39, 0.29) is 0 Å². The standard InChI is InChI=1S/C25H22/c1-4-10-20(11-5-1)18-25(22-14-8-3-9-15-22)24-17-16-23(19-24)21-12-6-2-7-13-21/h1-16,19,25H,17-18H2. The van der Waals surface area contributed by atoms with Crippen LogP contribution in [0.1, 0.15) is 29.0 Å². The molecule has 0 heteroatoms. The Morgan fingerprint density at radius 3 is 1.96 bits per heavy atom. The highest BCUT2D eigenvalue weighted by Gasteiger charge is 2.20. The van der Waals surface area contributed by atoms with Gasteiger partial charge in [0.1, 0.15) is 0 Å². The fraction of sp³-hybridized carbons (Fsp3) is 0.120. The molecule has 0 heterocycles. The second kappa shape index (κ2) is 7.36. The second-order valence-electron chi connectivity index (χ2n) is 6.60. The molecule has 0 aromatic heterocycles. The first-order chi connectivity index (χ1) is 12.4. The van der Waals surface area contributed by atoms with Gasteiger partial charge in [0, 0.05) is 5.92 Å². The second-order valence-corrected chi connectivity index (χ2v) is 6.60. The van der Waals surface area contributed by atoms with E-state index in [1.54, 1.807) is 0 Å². The van der Waals surface area contributed by atoms with Gasteiger partial charge >= 0.3 is 0 Å². The van der Waals surface area contributed by atoms with E-state index in [9.17, 15) is 0 Å². The minimum Gasteiger partial charge on any atom is -0.0726 e. The Hall–Kier alpha value is -2.86. The number of benzene rings is 3. The maximum absolute atomic E-state index is 2.40. The molecule has 0 spiro atoms. The molecule has 0 saturated carbocycles. The van der Waals surface area contributed by atoms with Crippen molar-refractivity contribution in [2.45, 2.75) is 18.8 Å². The fourth-order valence-electron chi connectivity index (χ4n) is 3.62. The number of hydrogen-bond donors (Lipinski definition) is 0. The third-order valence-electron chi connectivity index (χ3n) is 4.94. The quantitative estimate of drug-likeness (QED) is 0.508. The van der Waals surface area contributed by atoms with Crippen LogP contribution in [0.2, 0.25) is 0 Å². The average molecular weight is 322 g/mol. The van der Waals surface area contributed by atoms with Crippen LogP contribution >= 0.6 is 0 Å². The van der Waals surface area contributed by atoms with E-state index in [4.69, 9.17) is 0 Å². The largest absolute Gasteiger partial charge is 0.0726 e. The third kappa shape index (κ3) is 3.64. The molecule has 3 aromatic rings. The maximum atomic E-state index is 2.40. The fourth-order valence-corrected chi connectivity index (χ4v) is 3.62. The summed E-state index contributed by atoms with van der Waals surface area (Å²) in [5.41, 5.74) is 6.97. The van der Waals surface area contributed by atoms with Gasteiger partial charge in [-0.25, -0.2) is 0 Å². The summed E-state index contributed by atoms with van der Waals surface area (Å²) in [7, 11) is 0. The minimum atomic E-state index is 0.432. The molecular weight excluding hydrogens is 300 g/mol. The molecule has 4 rings (SSSR count). The van der Waals surface area contributed by atoms with E-state index in [2.05, 4.69) is 103 Å². The van der Waals surface area contributed by atoms with Crippen molar-refractivity contribution < 1.29 is 0 Å². The lowest BCUT2D eigenvalue weighted by molar-refractivity contribution is 0.772. The maximum Gasteiger partial charge on any atom is 0.00950 e. The minimum absolute atomic E-state index is 0.432. The lowest BCUT2D eigenvalue weighted by Gasteiger charge is -2.19. The molecule has 1 atom stereocenters. The Morgan fingerprint density at radius 2 is 1.28 bits per heavy atom. The molecule has 3 aromatic carbocycles. The van der Waals surface area contributed by atoms with Crippen molar-refractivity contribution >= 4 is 5.57 Å². The van der Waals surface area contributed by atoms with E-state index in [1.807, 2.05) is 0 Å². The summed E-state index contributed by atoms with van der Waals surface area (Å²) in [5, 5.41) is 0. The normalized spacial score (nSPS) is 14.7.